The number of hydrogen-bond donors (Lipinski definition) is 2. The molecule has 0 aliphatic carbocycles. The van der Waals surface area contributed by atoms with Crippen LogP contribution in [0.3, 0.4) is 0 Å². The van der Waals surface area contributed by atoms with Crippen molar-refractivity contribution in [1.82, 2.24) is 0 Å². The van der Waals surface area contributed by atoms with E-state index in [1.165, 1.54) is 0 Å². The molecular weight excluding hydrogens is 186 g/mol. The lowest BCUT2D eigenvalue weighted by atomic mass is 10.0. The first-order valence-electron chi connectivity index (χ1n) is 4.24. The third kappa shape index (κ3) is 3.35. The van der Waals surface area contributed by atoms with Gasteiger partial charge in [-0.3, -0.25) is 0 Å². The van der Waals surface area contributed by atoms with E-state index in [1.54, 1.807) is 0 Å². The quantitative estimate of drug-likeness (QED) is 0.785. The van der Waals surface area contributed by atoms with Crippen molar-refractivity contribution in [3.63, 3.8) is 0 Å². The van der Waals surface area contributed by atoms with Gasteiger partial charge in [0.2, 0.25) is 0 Å². The van der Waals surface area contributed by atoms with Gasteiger partial charge in [0.05, 0.1) is 12.1 Å². The second-order valence-corrected chi connectivity index (χ2v) is 2.91. The summed E-state index contributed by atoms with van der Waals surface area (Å²) < 4.78 is 0. The van der Waals surface area contributed by atoms with Crippen LogP contribution in [-0.4, -0.2) is 11.2 Å². The van der Waals surface area contributed by atoms with E-state index in [0.717, 1.165) is 5.56 Å². The van der Waals surface area contributed by atoms with Crippen molar-refractivity contribution in [2.45, 2.75) is 25.5 Å². The molecule has 0 aliphatic heterocycles. The molecule has 2 atom stereocenters. The third-order valence-electron chi connectivity index (χ3n) is 2.02. The van der Waals surface area contributed by atoms with E-state index >= 15 is 0 Å². The van der Waals surface area contributed by atoms with Crippen molar-refractivity contribution in [1.29, 1.82) is 0 Å². The van der Waals surface area contributed by atoms with E-state index in [0.29, 0.717) is 6.42 Å². The number of hydrogen-bond acceptors (Lipinski definition) is 2. The van der Waals surface area contributed by atoms with Gasteiger partial charge in [0.15, 0.2) is 0 Å². The Kier molecular flexibility index (Phi) is 5.71. The molecule has 1 rings (SSSR count). The Bertz CT molecular complexity index is 228. The van der Waals surface area contributed by atoms with Crippen LogP contribution in [0.2, 0.25) is 0 Å². The summed E-state index contributed by atoms with van der Waals surface area (Å²) in [7, 11) is 0. The van der Waals surface area contributed by atoms with Crippen LogP contribution in [0.15, 0.2) is 30.3 Å². The van der Waals surface area contributed by atoms with Crippen LogP contribution in [0.5, 0.6) is 0 Å². The summed E-state index contributed by atoms with van der Waals surface area (Å²) in [4.78, 5) is 0. The molecule has 74 valence electrons. The van der Waals surface area contributed by atoms with E-state index in [1.807, 2.05) is 37.3 Å². The summed E-state index contributed by atoms with van der Waals surface area (Å²) in [5.74, 6) is 0. The maximum absolute atomic E-state index is 9.45. The molecule has 0 unspecified atom stereocenters. The molecule has 0 heterocycles. The minimum absolute atomic E-state index is 0. The van der Waals surface area contributed by atoms with Crippen LogP contribution in [0.25, 0.3) is 0 Å². The van der Waals surface area contributed by atoms with Crippen LogP contribution >= 0.6 is 12.4 Å². The van der Waals surface area contributed by atoms with Crippen molar-refractivity contribution in [2.75, 3.05) is 0 Å². The topological polar surface area (TPSA) is 46.2 Å². The molecule has 0 aromatic heterocycles. The smallest absolute Gasteiger partial charge is 0.0730 e. The van der Waals surface area contributed by atoms with Gasteiger partial charge in [0.25, 0.3) is 0 Å². The number of rotatable bonds is 3. The molecule has 0 bridgehead atoms. The summed E-state index contributed by atoms with van der Waals surface area (Å²) in [5.41, 5.74) is 6.79. The van der Waals surface area contributed by atoms with Gasteiger partial charge in [-0.15, -0.1) is 12.4 Å². The highest BCUT2D eigenvalue weighted by Gasteiger charge is 2.13. The summed E-state index contributed by atoms with van der Waals surface area (Å²) in [6.07, 6.45) is 0.253. The van der Waals surface area contributed by atoms with Gasteiger partial charge in [0.1, 0.15) is 0 Å². The lowest BCUT2D eigenvalue weighted by Crippen LogP contribution is -2.25. The Balaban J connectivity index is 0.00000144. The zero-order valence-corrected chi connectivity index (χ0v) is 8.50. The molecule has 0 saturated heterocycles. The first-order valence-corrected chi connectivity index (χ1v) is 4.24. The van der Waals surface area contributed by atoms with E-state index in [9.17, 15) is 5.11 Å². The fourth-order valence-corrected chi connectivity index (χ4v) is 1.15. The number of nitrogens with two attached hydrogens (primary N) is 1. The van der Waals surface area contributed by atoms with Crippen LogP contribution in [0.4, 0.5) is 0 Å². The number of aliphatic hydroxyl groups is 1. The molecule has 3 N–H and O–H groups in total. The van der Waals surface area contributed by atoms with E-state index in [-0.39, 0.29) is 18.4 Å². The lowest BCUT2D eigenvalue weighted by Gasteiger charge is -2.17. The summed E-state index contributed by atoms with van der Waals surface area (Å²) in [6.45, 7) is 1.92. The second-order valence-electron chi connectivity index (χ2n) is 2.91. The van der Waals surface area contributed by atoms with Gasteiger partial charge in [0, 0.05) is 0 Å². The molecule has 1 aromatic rings. The Morgan fingerprint density at radius 3 is 2.31 bits per heavy atom. The van der Waals surface area contributed by atoms with E-state index in [4.69, 9.17) is 5.73 Å². The first kappa shape index (κ1) is 12.4. The molecule has 0 spiro atoms. The van der Waals surface area contributed by atoms with E-state index in [2.05, 4.69) is 0 Å². The van der Waals surface area contributed by atoms with Crippen molar-refractivity contribution in [3.05, 3.63) is 35.9 Å². The van der Waals surface area contributed by atoms with Gasteiger partial charge in [-0.1, -0.05) is 37.3 Å². The predicted octanol–water partition coefficient (Wildman–Crippen LogP) is 1.88. The molecule has 3 heteroatoms. The summed E-state index contributed by atoms with van der Waals surface area (Å²) in [5, 5.41) is 9.45. The Morgan fingerprint density at radius 1 is 1.31 bits per heavy atom. The van der Waals surface area contributed by atoms with Gasteiger partial charge in [-0.05, 0) is 12.0 Å². The monoisotopic (exact) mass is 201 g/mol. The zero-order chi connectivity index (χ0) is 8.97. The van der Waals surface area contributed by atoms with Crippen molar-refractivity contribution < 1.29 is 5.11 Å². The standard InChI is InChI=1S/C10H15NO.ClH/c1-2-9(12)10(11)8-6-4-3-5-7-8;/h3-7,9-10,12H,2,11H2,1H3;1H/t9-,10-;/m0./s1. The number of halogens is 1. The van der Waals surface area contributed by atoms with Gasteiger partial charge >= 0.3 is 0 Å². The molecule has 0 fully saturated rings. The predicted molar refractivity (Wildman–Crippen MR) is 56.9 cm³/mol. The molecular formula is C10H16ClNO. The second kappa shape index (κ2) is 5.97. The van der Waals surface area contributed by atoms with Gasteiger partial charge < -0.3 is 10.8 Å². The summed E-state index contributed by atoms with van der Waals surface area (Å²) >= 11 is 0. The van der Waals surface area contributed by atoms with Crippen molar-refractivity contribution >= 4 is 12.4 Å². The normalized spacial score (nSPS) is 14.4. The largest absolute Gasteiger partial charge is 0.391 e. The third-order valence-corrected chi connectivity index (χ3v) is 2.02. The average Bonchev–Trinajstić information content (AvgIpc) is 2.17. The average molecular weight is 202 g/mol. The van der Waals surface area contributed by atoms with Crippen LogP contribution < -0.4 is 5.73 Å². The van der Waals surface area contributed by atoms with Crippen molar-refractivity contribution in [3.8, 4) is 0 Å². The molecule has 0 amide bonds. The van der Waals surface area contributed by atoms with Crippen molar-refractivity contribution in [2.24, 2.45) is 5.73 Å². The van der Waals surface area contributed by atoms with Crippen LogP contribution in [-0.2, 0) is 0 Å². The number of benzene rings is 1. The van der Waals surface area contributed by atoms with E-state index < -0.39 is 6.10 Å². The molecule has 0 radical (unpaired) electrons. The maximum Gasteiger partial charge on any atom is 0.0730 e. The summed E-state index contributed by atoms with van der Waals surface area (Å²) in [6, 6.07) is 9.41. The molecule has 13 heavy (non-hydrogen) atoms. The fraction of sp³-hybridized carbons (Fsp3) is 0.400. The lowest BCUT2D eigenvalue weighted by molar-refractivity contribution is 0.140. The first-order chi connectivity index (χ1) is 5.75. The highest BCUT2D eigenvalue weighted by Crippen LogP contribution is 2.15. The Hall–Kier alpha value is -0.570. The number of aliphatic hydroxyl groups excluding tert-OH is 1. The maximum atomic E-state index is 9.45. The highest BCUT2D eigenvalue weighted by atomic mass is 35.5. The highest BCUT2D eigenvalue weighted by molar-refractivity contribution is 5.85. The minimum Gasteiger partial charge on any atom is -0.391 e. The zero-order valence-electron chi connectivity index (χ0n) is 7.68. The molecule has 2 nitrogen and oxygen atoms in total. The van der Waals surface area contributed by atoms with Gasteiger partial charge in [-0.25, -0.2) is 0 Å². The molecule has 0 aliphatic rings. The van der Waals surface area contributed by atoms with Crippen LogP contribution in [0, 0.1) is 0 Å². The fourth-order valence-electron chi connectivity index (χ4n) is 1.15. The van der Waals surface area contributed by atoms with Crippen LogP contribution in [0.1, 0.15) is 24.9 Å². The van der Waals surface area contributed by atoms with Gasteiger partial charge in [-0.2, -0.15) is 0 Å². The molecule has 1 aromatic carbocycles. The Labute approximate surface area is 85.2 Å². The Morgan fingerprint density at radius 2 is 1.85 bits per heavy atom. The minimum atomic E-state index is -0.438. The SMILES string of the molecule is CC[C@H](O)[C@@H](N)c1ccccc1.Cl. The molecule has 0 saturated carbocycles.